The summed E-state index contributed by atoms with van der Waals surface area (Å²) in [5.41, 5.74) is 1.63. The fourth-order valence-electron chi connectivity index (χ4n) is 4.03. The van der Waals surface area contributed by atoms with E-state index in [1.165, 1.54) is 24.0 Å². The van der Waals surface area contributed by atoms with Gasteiger partial charge < -0.3 is 18.9 Å². The second kappa shape index (κ2) is 13.8. The quantitative estimate of drug-likeness (QED) is 0.228. The smallest absolute Gasteiger partial charge is 0.410 e. The second-order valence-electron chi connectivity index (χ2n) is 8.65. The van der Waals surface area contributed by atoms with E-state index in [2.05, 4.69) is 0 Å². The number of likely N-dealkylation sites (tertiary alicyclic amines) is 1. The minimum atomic E-state index is -1.01. The summed E-state index contributed by atoms with van der Waals surface area (Å²) in [4.78, 5) is 51.5. The molecule has 9 nitrogen and oxygen atoms in total. The van der Waals surface area contributed by atoms with Crippen molar-refractivity contribution in [2.75, 3.05) is 6.54 Å². The zero-order chi connectivity index (χ0) is 26.9. The number of para-hydroxylation sites is 1. The monoisotopic (exact) mass is 533 g/mol. The Morgan fingerprint density at radius 3 is 1.97 bits per heavy atom. The fraction of sp³-hybridized carbons (Fsp3) is 0.267. The van der Waals surface area contributed by atoms with Crippen molar-refractivity contribution in [3.63, 3.8) is 0 Å². The van der Waals surface area contributed by atoms with Crippen molar-refractivity contribution in [2.45, 2.75) is 46.1 Å². The largest absolute Gasteiger partial charge is 0.459 e. The van der Waals surface area contributed by atoms with Crippen LogP contribution >= 0.6 is 0 Å². The summed E-state index contributed by atoms with van der Waals surface area (Å²) in [7, 11) is 0. The van der Waals surface area contributed by atoms with E-state index in [0.717, 1.165) is 11.1 Å². The van der Waals surface area contributed by atoms with Crippen molar-refractivity contribution >= 4 is 24.0 Å². The van der Waals surface area contributed by atoms with Crippen molar-refractivity contribution in [2.24, 2.45) is 0 Å². The van der Waals surface area contributed by atoms with Crippen LogP contribution in [0.15, 0.2) is 84.9 Å². The first-order valence-electron chi connectivity index (χ1n) is 12.1. The molecule has 0 aromatic heterocycles. The van der Waals surface area contributed by atoms with E-state index in [0.29, 0.717) is 0 Å². The molecular weight excluding hydrogens is 502 g/mol. The number of ether oxygens (including phenoxy) is 4. The van der Waals surface area contributed by atoms with Gasteiger partial charge in [-0.25, -0.2) is 14.4 Å². The van der Waals surface area contributed by atoms with Crippen LogP contribution in [0.5, 0.6) is 5.75 Å². The van der Waals surface area contributed by atoms with Gasteiger partial charge in [0.15, 0.2) is 0 Å². The van der Waals surface area contributed by atoms with Gasteiger partial charge in [-0.3, -0.25) is 9.69 Å². The van der Waals surface area contributed by atoms with Crippen LogP contribution < -0.4 is 4.74 Å². The lowest BCUT2D eigenvalue weighted by molar-refractivity contribution is -0.150. The average molecular weight is 534 g/mol. The third-order valence-corrected chi connectivity index (χ3v) is 5.83. The normalized spacial score (nSPS) is 16.0. The van der Waals surface area contributed by atoms with E-state index in [1.54, 1.807) is 12.1 Å². The second-order valence-corrected chi connectivity index (χ2v) is 8.65. The molecule has 3 aromatic rings. The van der Waals surface area contributed by atoms with Gasteiger partial charge in [-0.2, -0.15) is 0 Å². The zero-order valence-corrected chi connectivity index (χ0v) is 20.8. The topological polar surface area (TPSA) is 108 Å². The number of carbonyl (C=O) groups is 4. The SMILES string of the molecule is C.CC(=O)Oc1ccccc1C(=O)O[C@@H]1C[C@@H](C(=O)OCc2ccccc2)N(C(=O)OCc2ccccc2)C1. The number of esters is 3. The molecule has 9 heteroatoms. The third-order valence-electron chi connectivity index (χ3n) is 5.83. The fourth-order valence-corrected chi connectivity index (χ4v) is 4.03. The lowest BCUT2D eigenvalue weighted by atomic mass is 10.2. The van der Waals surface area contributed by atoms with Crippen molar-refractivity contribution in [3.05, 3.63) is 102 Å². The molecule has 2 atom stereocenters. The van der Waals surface area contributed by atoms with Gasteiger partial charge in [0.2, 0.25) is 0 Å². The Labute approximate surface area is 227 Å². The van der Waals surface area contributed by atoms with E-state index in [1.807, 2.05) is 60.7 Å². The molecule has 1 heterocycles. The Morgan fingerprint density at radius 2 is 1.36 bits per heavy atom. The number of nitrogens with zero attached hydrogens (tertiary/aromatic N) is 1. The van der Waals surface area contributed by atoms with E-state index in [4.69, 9.17) is 18.9 Å². The van der Waals surface area contributed by atoms with E-state index >= 15 is 0 Å². The maximum Gasteiger partial charge on any atom is 0.410 e. The first-order valence-corrected chi connectivity index (χ1v) is 12.1. The predicted octanol–water partition coefficient (Wildman–Crippen LogP) is 4.93. The Morgan fingerprint density at radius 1 is 0.795 bits per heavy atom. The molecule has 0 saturated carbocycles. The van der Waals surface area contributed by atoms with Crippen LogP contribution in [0.3, 0.4) is 0 Å². The molecule has 0 N–H and O–H groups in total. The van der Waals surface area contributed by atoms with Crippen LogP contribution in [0, 0.1) is 0 Å². The Hall–Kier alpha value is -4.66. The van der Waals surface area contributed by atoms with Crippen molar-refractivity contribution in [1.29, 1.82) is 0 Å². The molecule has 0 unspecified atom stereocenters. The number of rotatable bonds is 8. The van der Waals surface area contributed by atoms with Gasteiger partial charge in [0, 0.05) is 13.3 Å². The minimum absolute atomic E-state index is 0. The summed E-state index contributed by atoms with van der Waals surface area (Å²) in [6.07, 6.45) is -1.52. The van der Waals surface area contributed by atoms with Gasteiger partial charge >= 0.3 is 24.0 Å². The number of benzene rings is 3. The predicted molar refractivity (Wildman–Crippen MR) is 142 cm³/mol. The molecule has 204 valence electrons. The van der Waals surface area contributed by atoms with Gasteiger partial charge in [-0.05, 0) is 23.3 Å². The molecule has 0 radical (unpaired) electrons. The first kappa shape index (κ1) is 28.9. The molecule has 4 rings (SSSR count). The standard InChI is InChI=1S/C29H27NO8.CH4/c1-20(31)37-26-15-9-8-14-24(26)27(32)38-23-16-25(28(33)35-18-21-10-4-2-5-11-21)30(17-23)29(34)36-19-22-12-6-3-7-13-22;/h2-15,23,25H,16-19H2,1H3;1H4/t23-,25+;/m1./s1. The van der Waals surface area contributed by atoms with E-state index < -0.39 is 36.1 Å². The summed E-state index contributed by atoms with van der Waals surface area (Å²) in [6, 6.07) is 23.4. The number of carbonyl (C=O) groups excluding carboxylic acids is 4. The molecule has 3 aromatic carbocycles. The highest BCUT2D eigenvalue weighted by molar-refractivity contribution is 5.93. The van der Waals surface area contributed by atoms with Crippen molar-refractivity contribution in [3.8, 4) is 5.75 Å². The van der Waals surface area contributed by atoms with Gasteiger partial charge in [-0.1, -0.05) is 80.2 Å². The first-order chi connectivity index (χ1) is 18.4. The summed E-state index contributed by atoms with van der Waals surface area (Å²) in [5.74, 6) is -1.91. The van der Waals surface area contributed by atoms with Crippen LogP contribution in [0.2, 0.25) is 0 Å². The van der Waals surface area contributed by atoms with Gasteiger partial charge in [0.05, 0.1) is 6.54 Å². The highest BCUT2D eigenvalue weighted by Gasteiger charge is 2.43. The van der Waals surface area contributed by atoms with Gasteiger partial charge in [-0.15, -0.1) is 0 Å². The maximum absolute atomic E-state index is 13.0. The van der Waals surface area contributed by atoms with E-state index in [-0.39, 0.29) is 44.9 Å². The van der Waals surface area contributed by atoms with Gasteiger partial charge in [0.25, 0.3) is 0 Å². The zero-order valence-electron chi connectivity index (χ0n) is 20.8. The molecule has 1 aliphatic rings. The summed E-state index contributed by atoms with van der Waals surface area (Å²) in [5, 5.41) is 0. The molecule has 1 saturated heterocycles. The highest BCUT2D eigenvalue weighted by Crippen LogP contribution is 2.26. The minimum Gasteiger partial charge on any atom is -0.459 e. The molecule has 0 bridgehead atoms. The average Bonchev–Trinajstić information content (AvgIpc) is 3.35. The Balaban J connectivity index is 0.00000420. The maximum atomic E-state index is 13.0. The molecule has 0 aliphatic carbocycles. The third kappa shape index (κ3) is 7.91. The number of hydrogen-bond acceptors (Lipinski definition) is 8. The van der Waals surface area contributed by atoms with Crippen LogP contribution in [-0.2, 0) is 37.0 Å². The van der Waals surface area contributed by atoms with Crippen LogP contribution in [0.25, 0.3) is 0 Å². The number of hydrogen-bond donors (Lipinski definition) is 0. The number of amides is 1. The van der Waals surface area contributed by atoms with Crippen LogP contribution in [-0.4, -0.2) is 47.6 Å². The molecule has 1 amide bonds. The van der Waals surface area contributed by atoms with Crippen LogP contribution in [0.1, 0.15) is 42.3 Å². The summed E-state index contributed by atoms with van der Waals surface area (Å²) < 4.78 is 21.6. The lowest BCUT2D eigenvalue weighted by Crippen LogP contribution is -2.41. The highest BCUT2D eigenvalue weighted by atomic mass is 16.6. The lowest BCUT2D eigenvalue weighted by Gasteiger charge is -2.22. The summed E-state index contributed by atoms with van der Waals surface area (Å²) in [6.45, 7) is 1.20. The Bertz CT molecular complexity index is 1210. The molecule has 1 fully saturated rings. The Kier molecular flexibility index (Phi) is 10.2. The van der Waals surface area contributed by atoms with Crippen LogP contribution in [0.4, 0.5) is 4.79 Å². The molecule has 0 spiro atoms. The van der Waals surface area contributed by atoms with Crippen molar-refractivity contribution < 1.29 is 38.1 Å². The van der Waals surface area contributed by atoms with Crippen molar-refractivity contribution in [1.82, 2.24) is 4.90 Å². The molecule has 1 aliphatic heterocycles. The molecule has 39 heavy (non-hydrogen) atoms. The van der Waals surface area contributed by atoms with E-state index in [9.17, 15) is 19.2 Å². The van der Waals surface area contributed by atoms with Gasteiger partial charge in [0.1, 0.15) is 36.7 Å². The molecular formula is C30H31NO8. The summed E-state index contributed by atoms with van der Waals surface area (Å²) >= 11 is 0.